The third kappa shape index (κ3) is 7.79. The lowest BCUT2D eigenvalue weighted by molar-refractivity contribution is 0.0792. The Kier molecular flexibility index (Phi) is 10.2. The Morgan fingerprint density at radius 3 is 2.48 bits per heavy atom. The van der Waals surface area contributed by atoms with Gasteiger partial charge < -0.3 is 15.7 Å². The van der Waals surface area contributed by atoms with E-state index in [1.807, 2.05) is 7.05 Å². The minimum absolute atomic E-state index is 0. The summed E-state index contributed by atoms with van der Waals surface area (Å²) >= 11 is 2.06. The van der Waals surface area contributed by atoms with Gasteiger partial charge in [0.15, 0.2) is 5.96 Å². The normalized spacial score (nSPS) is 21.7. The summed E-state index contributed by atoms with van der Waals surface area (Å²) in [5, 5.41) is 17.2. The standard InChI is InChI=1S/C20H32N4OS.HI/c1-21-20(23-14-19-3-2-12-26-19)22-13-16-4-6-17(7-5-16)15-24-10-8-18(25)9-11-24;/h4-7,18-19,25H,2-3,8-15H2,1H3,(H2,21,22,23);1H. The molecule has 152 valence electrons. The van der Waals surface area contributed by atoms with Gasteiger partial charge in [-0.2, -0.15) is 11.8 Å². The van der Waals surface area contributed by atoms with E-state index in [2.05, 4.69) is 56.6 Å². The average Bonchev–Trinajstić information content (AvgIpc) is 3.18. The summed E-state index contributed by atoms with van der Waals surface area (Å²) in [6.07, 6.45) is 4.34. The van der Waals surface area contributed by atoms with Crippen molar-refractivity contribution >= 4 is 41.7 Å². The lowest BCUT2D eigenvalue weighted by atomic mass is 10.1. The zero-order chi connectivity index (χ0) is 18.2. The molecule has 0 saturated carbocycles. The summed E-state index contributed by atoms with van der Waals surface area (Å²) in [5.74, 6) is 2.18. The predicted molar refractivity (Wildman–Crippen MR) is 126 cm³/mol. The topological polar surface area (TPSA) is 59.9 Å². The van der Waals surface area contributed by atoms with E-state index in [1.165, 1.54) is 29.7 Å². The fourth-order valence-corrected chi connectivity index (χ4v) is 4.72. The number of hydrogen-bond acceptors (Lipinski definition) is 4. The molecular weight excluding hydrogens is 471 g/mol. The zero-order valence-corrected chi connectivity index (χ0v) is 19.3. The zero-order valence-electron chi connectivity index (χ0n) is 16.2. The molecule has 2 fully saturated rings. The fourth-order valence-electron chi connectivity index (χ4n) is 3.52. The van der Waals surface area contributed by atoms with Gasteiger partial charge in [-0.3, -0.25) is 9.89 Å². The minimum Gasteiger partial charge on any atom is -0.393 e. The molecule has 0 aromatic heterocycles. The van der Waals surface area contributed by atoms with Gasteiger partial charge in [0.1, 0.15) is 0 Å². The van der Waals surface area contributed by atoms with Crippen LogP contribution in [0.1, 0.15) is 36.8 Å². The van der Waals surface area contributed by atoms with Gasteiger partial charge in [0.2, 0.25) is 0 Å². The number of aliphatic hydroxyl groups is 1. The van der Waals surface area contributed by atoms with E-state index in [9.17, 15) is 5.11 Å². The summed E-state index contributed by atoms with van der Waals surface area (Å²) < 4.78 is 0. The molecule has 7 heteroatoms. The monoisotopic (exact) mass is 504 g/mol. The van der Waals surface area contributed by atoms with Crippen molar-refractivity contribution < 1.29 is 5.11 Å². The molecule has 27 heavy (non-hydrogen) atoms. The summed E-state index contributed by atoms with van der Waals surface area (Å²) in [5.41, 5.74) is 2.60. The summed E-state index contributed by atoms with van der Waals surface area (Å²) in [7, 11) is 1.83. The van der Waals surface area contributed by atoms with Gasteiger partial charge in [-0.05, 0) is 42.6 Å². The number of rotatable bonds is 6. The van der Waals surface area contributed by atoms with Crippen molar-refractivity contribution in [2.75, 3.05) is 32.4 Å². The number of likely N-dealkylation sites (tertiary alicyclic amines) is 1. The fraction of sp³-hybridized carbons (Fsp3) is 0.650. The van der Waals surface area contributed by atoms with Crippen molar-refractivity contribution in [3.05, 3.63) is 35.4 Å². The number of guanidine groups is 1. The first-order valence-corrected chi connectivity index (χ1v) is 10.8. The van der Waals surface area contributed by atoms with E-state index in [-0.39, 0.29) is 30.1 Å². The van der Waals surface area contributed by atoms with Crippen LogP contribution in [0.15, 0.2) is 29.3 Å². The first-order chi connectivity index (χ1) is 12.7. The Morgan fingerprint density at radius 2 is 1.85 bits per heavy atom. The number of aliphatic imine (C=N–C) groups is 1. The molecule has 0 spiro atoms. The summed E-state index contributed by atoms with van der Waals surface area (Å²) in [4.78, 5) is 6.75. The Hall–Kier alpha value is -0.510. The maximum absolute atomic E-state index is 9.60. The molecule has 2 aliphatic rings. The van der Waals surface area contributed by atoms with Crippen LogP contribution in [0.2, 0.25) is 0 Å². The molecule has 2 saturated heterocycles. The van der Waals surface area contributed by atoms with Crippen molar-refractivity contribution in [2.24, 2.45) is 4.99 Å². The van der Waals surface area contributed by atoms with Crippen LogP contribution in [0, 0.1) is 0 Å². The van der Waals surface area contributed by atoms with Gasteiger partial charge in [-0.1, -0.05) is 24.3 Å². The molecule has 1 unspecified atom stereocenters. The highest BCUT2D eigenvalue weighted by atomic mass is 127. The maximum Gasteiger partial charge on any atom is 0.191 e. The minimum atomic E-state index is -0.102. The average molecular weight is 504 g/mol. The van der Waals surface area contributed by atoms with Crippen LogP contribution < -0.4 is 10.6 Å². The number of benzene rings is 1. The number of hydrogen-bond donors (Lipinski definition) is 3. The second-order valence-electron chi connectivity index (χ2n) is 7.27. The highest BCUT2D eigenvalue weighted by molar-refractivity contribution is 14.0. The Bertz CT molecular complexity index is 570. The van der Waals surface area contributed by atoms with Crippen molar-refractivity contribution in [1.29, 1.82) is 0 Å². The summed E-state index contributed by atoms with van der Waals surface area (Å²) in [6.45, 7) is 4.74. The van der Waals surface area contributed by atoms with Crippen molar-refractivity contribution in [1.82, 2.24) is 15.5 Å². The van der Waals surface area contributed by atoms with E-state index < -0.39 is 0 Å². The molecular formula is C20H33IN4OS. The lowest BCUT2D eigenvalue weighted by Gasteiger charge is -2.29. The Labute approximate surface area is 184 Å². The van der Waals surface area contributed by atoms with Gasteiger partial charge >= 0.3 is 0 Å². The first-order valence-electron chi connectivity index (χ1n) is 9.77. The number of piperidine rings is 1. The quantitative estimate of drug-likeness (QED) is 0.316. The second-order valence-corrected chi connectivity index (χ2v) is 8.67. The van der Waals surface area contributed by atoms with Crippen LogP contribution in [0.5, 0.6) is 0 Å². The van der Waals surface area contributed by atoms with Crippen molar-refractivity contribution in [2.45, 2.75) is 50.1 Å². The maximum atomic E-state index is 9.60. The van der Waals surface area contributed by atoms with Gasteiger partial charge in [-0.25, -0.2) is 0 Å². The number of nitrogens with one attached hydrogen (secondary N) is 2. The van der Waals surface area contributed by atoms with Gasteiger partial charge in [0.25, 0.3) is 0 Å². The van der Waals surface area contributed by atoms with Crippen LogP contribution in [0.4, 0.5) is 0 Å². The van der Waals surface area contributed by atoms with E-state index in [4.69, 9.17) is 0 Å². The van der Waals surface area contributed by atoms with Crippen molar-refractivity contribution in [3.63, 3.8) is 0 Å². The molecule has 1 aromatic carbocycles. The SMILES string of the molecule is CN=C(NCc1ccc(CN2CCC(O)CC2)cc1)NCC1CCCS1.I. The first kappa shape index (κ1) is 22.8. The van der Waals surface area contributed by atoms with E-state index in [0.717, 1.165) is 56.8 Å². The highest BCUT2D eigenvalue weighted by Gasteiger charge is 2.17. The second kappa shape index (κ2) is 12.1. The van der Waals surface area contributed by atoms with Crippen LogP contribution in [0.3, 0.4) is 0 Å². The molecule has 0 aliphatic carbocycles. The molecule has 1 atom stereocenters. The van der Waals surface area contributed by atoms with Crippen molar-refractivity contribution in [3.8, 4) is 0 Å². The Morgan fingerprint density at radius 1 is 1.15 bits per heavy atom. The molecule has 5 nitrogen and oxygen atoms in total. The van der Waals surface area contributed by atoms with E-state index in [1.54, 1.807) is 0 Å². The summed E-state index contributed by atoms with van der Waals surface area (Å²) in [6, 6.07) is 8.82. The third-order valence-corrected chi connectivity index (χ3v) is 6.59. The third-order valence-electron chi connectivity index (χ3n) is 5.19. The van der Waals surface area contributed by atoms with Gasteiger partial charge in [0.05, 0.1) is 6.10 Å². The van der Waals surface area contributed by atoms with E-state index in [0.29, 0.717) is 0 Å². The van der Waals surface area contributed by atoms with Crippen LogP contribution in [0.25, 0.3) is 0 Å². The lowest BCUT2D eigenvalue weighted by Crippen LogP contribution is -2.39. The largest absolute Gasteiger partial charge is 0.393 e. The smallest absolute Gasteiger partial charge is 0.191 e. The molecule has 0 amide bonds. The molecule has 2 heterocycles. The number of nitrogens with zero attached hydrogens (tertiary/aromatic N) is 2. The number of thioether (sulfide) groups is 1. The van der Waals surface area contributed by atoms with Crippen LogP contribution >= 0.6 is 35.7 Å². The predicted octanol–water partition coefficient (Wildman–Crippen LogP) is 2.82. The molecule has 2 aliphatic heterocycles. The molecule has 3 rings (SSSR count). The number of aliphatic hydroxyl groups excluding tert-OH is 1. The van der Waals surface area contributed by atoms with E-state index >= 15 is 0 Å². The van der Waals surface area contributed by atoms with Gasteiger partial charge in [-0.15, -0.1) is 24.0 Å². The highest BCUT2D eigenvalue weighted by Crippen LogP contribution is 2.25. The molecule has 3 N–H and O–H groups in total. The van der Waals surface area contributed by atoms with Gasteiger partial charge in [0, 0.05) is 45.0 Å². The molecule has 1 aromatic rings. The number of halogens is 1. The molecule has 0 radical (unpaired) electrons. The van der Waals surface area contributed by atoms with Crippen LogP contribution in [-0.2, 0) is 13.1 Å². The Balaban J connectivity index is 0.00000261. The van der Waals surface area contributed by atoms with Crippen LogP contribution in [-0.4, -0.2) is 59.8 Å². The molecule has 0 bridgehead atoms.